The zero-order chi connectivity index (χ0) is 9.52. The summed E-state index contributed by atoms with van der Waals surface area (Å²) in [4.78, 5) is 2.36. The van der Waals surface area contributed by atoms with Crippen LogP contribution in [0.3, 0.4) is 0 Å². The first-order valence-corrected chi connectivity index (χ1v) is 4.92. The van der Waals surface area contributed by atoms with E-state index in [2.05, 4.69) is 16.9 Å². The van der Waals surface area contributed by atoms with Crippen molar-refractivity contribution in [1.82, 2.24) is 4.90 Å². The second kappa shape index (κ2) is 5.62. The van der Waals surface area contributed by atoms with Crippen molar-refractivity contribution < 1.29 is 0 Å². The zero-order valence-electron chi connectivity index (χ0n) is 8.00. The molecule has 0 bridgehead atoms. The molecular weight excluding hydrogens is 160 g/mol. The van der Waals surface area contributed by atoms with E-state index in [0.717, 1.165) is 45.3 Å². The number of hydrogen-bond donors (Lipinski definition) is 0. The van der Waals surface area contributed by atoms with Gasteiger partial charge < -0.3 is 4.90 Å². The third kappa shape index (κ3) is 3.49. The highest BCUT2D eigenvalue weighted by Gasteiger charge is 2.18. The predicted molar refractivity (Wildman–Crippen MR) is 52.8 cm³/mol. The van der Waals surface area contributed by atoms with Crippen molar-refractivity contribution in [2.24, 2.45) is 5.92 Å². The van der Waals surface area contributed by atoms with Gasteiger partial charge in [-0.25, -0.2) is 0 Å². The second-order valence-corrected chi connectivity index (χ2v) is 3.58. The van der Waals surface area contributed by atoms with E-state index >= 15 is 0 Å². The van der Waals surface area contributed by atoms with Crippen LogP contribution in [0.5, 0.6) is 0 Å². The molecule has 1 aliphatic rings. The molecule has 2 heteroatoms. The molecule has 70 valence electrons. The monoisotopic (exact) mass is 176 g/mol. The van der Waals surface area contributed by atoms with Crippen LogP contribution in [-0.4, -0.2) is 24.5 Å². The molecule has 0 radical (unpaired) electrons. The molecule has 1 unspecified atom stereocenters. The Balaban J connectivity index is 2.20. The third-order valence-corrected chi connectivity index (χ3v) is 2.48. The molecule has 13 heavy (non-hydrogen) atoms. The van der Waals surface area contributed by atoms with Crippen LogP contribution in [0.15, 0.2) is 0 Å². The average Bonchev–Trinajstić information content (AvgIpc) is 2.19. The molecular formula is C11H16N2. The third-order valence-electron chi connectivity index (χ3n) is 2.48. The summed E-state index contributed by atoms with van der Waals surface area (Å²) in [5.41, 5.74) is 0. The Labute approximate surface area is 80.5 Å². The molecule has 1 heterocycles. The summed E-state index contributed by atoms with van der Waals surface area (Å²) < 4.78 is 0. The molecule has 1 aliphatic heterocycles. The number of likely N-dealkylation sites (tertiary alicyclic amines) is 1. The zero-order valence-corrected chi connectivity index (χ0v) is 8.00. The molecule has 0 spiro atoms. The van der Waals surface area contributed by atoms with Crippen molar-refractivity contribution in [3.63, 3.8) is 0 Å². The number of hydrogen-bond acceptors (Lipinski definition) is 2. The minimum atomic E-state index is 0.250. The van der Waals surface area contributed by atoms with Gasteiger partial charge in [0.1, 0.15) is 0 Å². The van der Waals surface area contributed by atoms with E-state index in [1.165, 1.54) is 0 Å². The van der Waals surface area contributed by atoms with Crippen LogP contribution < -0.4 is 0 Å². The standard InChI is InChI=1S/C11H16N2/c1-2-3-4-7-13-8-5-6-11(9-12)10-13/h1,11H,3-8,10H2. The summed E-state index contributed by atoms with van der Waals surface area (Å²) in [6.07, 6.45) is 9.33. The minimum Gasteiger partial charge on any atom is -0.302 e. The van der Waals surface area contributed by atoms with Gasteiger partial charge in [-0.2, -0.15) is 5.26 Å². The van der Waals surface area contributed by atoms with Crippen molar-refractivity contribution in [3.8, 4) is 18.4 Å². The van der Waals surface area contributed by atoms with Gasteiger partial charge in [0.15, 0.2) is 0 Å². The average molecular weight is 176 g/mol. The fourth-order valence-electron chi connectivity index (χ4n) is 1.77. The molecule has 0 saturated carbocycles. The second-order valence-electron chi connectivity index (χ2n) is 3.58. The van der Waals surface area contributed by atoms with E-state index in [4.69, 9.17) is 11.7 Å². The van der Waals surface area contributed by atoms with Gasteiger partial charge in [0.05, 0.1) is 12.0 Å². The normalized spacial score (nSPS) is 23.4. The van der Waals surface area contributed by atoms with Crippen molar-refractivity contribution in [2.45, 2.75) is 25.7 Å². The highest BCUT2D eigenvalue weighted by molar-refractivity contribution is 4.89. The van der Waals surface area contributed by atoms with Gasteiger partial charge in [-0.1, -0.05) is 0 Å². The van der Waals surface area contributed by atoms with Crippen LogP contribution in [0.25, 0.3) is 0 Å². The number of nitrogens with zero attached hydrogens (tertiary/aromatic N) is 2. The van der Waals surface area contributed by atoms with Gasteiger partial charge in [-0.3, -0.25) is 0 Å². The molecule has 1 atom stereocenters. The summed E-state index contributed by atoms with van der Waals surface area (Å²) >= 11 is 0. The summed E-state index contributed by atoms with van der Waals surface area (Å²) in [6, 6.07) is 2.34. The largest absolute Gasteiger partial charge is 0.302 e. The smallest absolute Gasteiger partial charge is 0.0669 e. The molecule has 2 nitrogen and oxygen atoms in total. The number of piperidine rings is 1. The summed E-state index contributed by atoms with van der Waals surface area (Å²) in [6.45, 7) is 3.15. The van der Waals surface area contributed by atoms with Crippen LogP contribution >= 0.6 is 0 Å². The lowest BCUT2D eigenvalue weighted by Crippen LogP contribution is -2.35. The van der Waals surface area contributed by atoms with Crippen LogP contribution in [0.1, 0.15) is 25.7 Å². The number of rotatable bonds is 3. The predicted octanol–water partition coefficient (Wildman–Crippen LogP) is 1.64. The van der Waals surface area contributed by atoms with Crippen molar-refractivity contribution >= 4 is 0 Å². The first-order chi connectivity index (χ1) is 6.36. The van der Waals surface area contributed by atoms with Crippen molar-refractivity contribution in [1.29, 1.82) is 5.26 Å². The van der Waals surface area contributed by atoms with E-state index < -0.39 is 0 Å². The van der Waals surface area contributed by atoms with Gasteiger partial charge >= 0.3 is 0 Å². The Hall–Kier alpha value is -0.990. The topological polar surface area (TPSA) is 27.0 Å². The van der Waals surface area contributed by atoms with Gasteiger partial charge in [0, 0.05) is 13.0 Å². The van der Waals surface area contributed by atoms with Crippen molar-refractivity contribution in [2.75, 3.05) is 19.6 Å². The number of terminal acetylenes is 1. The van der Waals surface area contributed by atoms with E-state index in [1.807, 2.05) is 0 Å². The Bertz CT molecular complexity index is 221. The summed E-state index contributed by atoms with van der Waals surface area (Å²) in [7, 11) is 0. The molecule has 1 fully saturated rings. The van der Waals surface area contributed by atoms with E-state index in [1.54, 1.807) is 0 Å². The maximum absolute atomic E-state index is 8.77. The van der Waals surface area contributed by atoms with Crippen LogP contribution in [0, 0.1) is 29.6 Å². The quantitative estimate of drug-likeness (QED) is 0.483. The van der Waals surface area contributed by atoms with Gasteiger partial charge in [-0.15, -0.1) is 12.3 Å². The molecule has 0 N–H and O–H groups in total. The van der Waals surface area contributed by atoms with Crippen molar-refractivity contribution in [3.05, 3.63) is 0 Å². The van der Waals surface area contributed by atoms with Crippen LogP contribution in [0.2, 0.25) is 0 Å². The number of nitriles is 1. The van der Waals surface area contributed by atoms with Gasteiger partial charge in [0.2, 0.25) is 0 Å². The van der Waals surface area contributed by atoms with Crippen LogP contribution in [0.4, 0.5) is 0 Å². The summed E-state index contributed by atoms with van der Waals surface area (Å²) in [5, 5.41) is 8.77. The maximum Gasteiger partial charge on any atom is 0.0669 e. The Morgan fingerprint density at radius 3 is 3.08 bits per heavy atom. The highest BCUT2D eigenvalue weighted by atomic mass is 15.1. The Kier molecular flexibility index (Phi) is 4.36. The fourth-order valence-corrected chi connectivity index (χ4v) is 1.77. The molecule has 1 saturated heterocycles. The Morgan fingerprint density at radius 1 is 1.54 bits per heavy atom. The van der Waals surface area contributed by atoms with Gasteiger partial charge in [0.25, 0.3) is 0 Å². The first kappa shape index (κ1) is 10.1. The molecule has 0 aromatic rings. The maximum atomic E-state index is 8.77. The lowest BCUT2D eigenvalue weighted by atomic mass is 9.99. The van der Waals surface area contributed by atoms with Gasteiger partial charge in [-0.05, 0) is 32.4 Å². The van der Waals surface area contributed by atoms with E-state index in [0.29, 0.717) is 0 Å². The molecule has 1 rings (SSSR count). The number of unbranched alkanes of at least 4 members (excludes halogenated alkanes) is 1. The first-order valence-electron chi connectivity index (χ1n) is 4.92. The summed E-state index contributed by atoms with van der Waals surface area (Å²) in [5.74, 6) is 2.89. The minimum absolute atomic E-state index is 0.250. The highest BCUT2D eigenvalue weighted by Crippen LogP contribution is 2.15. The Morgan fingerprint density at radius 2 is 2.38 bits per heavy atom. The lowest BCUT2D eigenvalue weighted by molar-refractivity contribution is 0.198. The molecule has 0 aromatic carbocycles. The van der Waals surface area contributed by atoms with Crippen LogP contribution in [-0.2, 0) is 0 Å². The molecule has 0 amide bonds. The van der Waals surface area contributed by atoms with E-state index in [9.17, 15) is 0 Å². The fraction of sp³-hybridized carbons (Fsp3) is 0.727. The molecule has 0 aromatic heterocycles. The van der Waals surface area contributed by atoms with E-state index in [-0.39, 0.29) is 5.92 Å². The lowest BCUT2D eigenvalue weighted by Gasteiger charge is -2.29. The SMILES string of the molecule is C#CCCCN1CCCC(C#N)C1. The molecule has 0 aliphatic carbocycles.